The molecule has 0 aliphatic rings. The molecule has 0 N–H and O–H groups in total. The first-order chi connectivity index (χ1) is 9.58. The zero-order chi connectivity index (χ0) is 14.5. The third-order valence-corrected chi connectivity index (χ3v) is 3.13. The first-order valence-corrected chi connectivity index (χ1v) is 6.58. The zero-order valence-electron chi connectivity index (χ0n) is 10.6. The zero-order valence-corrected chi connectivity index (χ0v) is 12.2. The Morgan fingerprint density at radius 1 is 1.20 bits per heavy atom. The van der Waals surface area contributed by atoms with Crippen LogP contribution in [-0.2, 0) is 0 Å². The third-order valence-electron chi connectivity index (χ3n) is 2.60. The Morgan fingerprint density at radius 2 is 1.85 bits per heavy atom. The average Bonchev–Trinajstić information content (AvgIpc) is 2.45. The molecule has 0 unspecified atom stereocenters. The van der Waals surface area contributed by atoms with Crippen LogP contribution in [-0.4, -0.2) is 10.6 Å². The van der Waals surface area contributed by atoms with Crippen LogP contribution in [0, 0.1) is 10.1 Å². The van der Waals surface area contributed by atoms with Gasteiger partial charge in [-0.2, -0.15) is 0 Å². The molecule has 0 heterocycles. The highest BCUT2D eigenvalue weighted by Crippen LogP contribution is 2.26. The van der Waals surface area contributed by atoms with Crippen molar-refractivity contribution in [1.29, 1.82) is 0 Å². The van der Waals surface area contributed by atoms with Crippen molar-refractivity contribution in [3.63, 3.8) is 0 Å². The molecule has 5 nitrogen and oxygen atoms in total. The minimum atomic E-state index is -0.500. The maximum absolute atomic E-state index is 10.8. The molecular formula is C14H11BrN2O3. The first-order valence-electron chi connectivity index (χ1n) is 5.79. The van der Waals surface area contributed by atoms with E-state index in [4.69, 9.17) is 4.84 Å². The Morgan fingerprint density at radius 3 is 2.50 bits per heavy atom. The Balaban J connectivity index is 2.21. The summed E-state index contributed by atoms with van der Waals surface area (Å²) < 4.78 is 0.966. The topological polar surface area (TPSA) is 64.7 Å². The lowest BCUT2D eigenvalue weighted by molar-refractivity contribution is -0.385. The van der Waals surface area contributed by atoms with Crippen molar-refractivity contribution in [2.24, 2.45) is 5.16 Å². The largest absolute Gasteiger partial charge is 0.349 e. The molecule has 0 aromatic heterocycles. The maximum Gasteiger partial charge on any atom is 0.314 e. The molecule has 0 atom stereocenters. The Bertz CT molecular complexity index is 654. The number of para-hydroxylation sites is 2. The summed E-state index contributed by atoms with van der Waals surface area (Å²) in [6, 6.07) is 13.7. The molecule has 0 bridgehead atoms. The molecule has 0 saturated carbocycles. The molecular weight excluding hydrogens is 324 g/mol. The van der Waals surface area contributed by atoms with Crippen LogP contribution in [0.5, 0.6) is 5.75 Å². The summed E-state index contributed by atoms with van der Waals surface area (Å²) in [5.74, 6) is 0.119. The smallest absolute Gasteiger partial charge is 0.314 e. The second-order valence-electron chi connectivity index (χ2n) is 4.00. The molecule has 0 aliphatic carbocycles. The highest BCUT2D eigenvalue weighted by Gasteiger charge is 2.14. The van der Waals surface area contributed by atoms with Crippen molar-refractivity contribution in [2.45, 2.75) is 6.92 Å². The predicted octanol–water partition coefficient (Wildman–Crippen LogP) is 4.16. The van der Waals surface area contributed by atoms with Crippen LogP contribution in [0.1, 0.15) is 12.5 Å². The molecule has 0 amide bonds. The van der Waals surface area contributed by atoms with E-state index < -0.39 is 4.92 Å². The molecule has 0 radical (unpaired) electrons. The predicted molar refractivity (Wildman–Crippen MR) is 80.1 cm³/mol. The van der Waals surface area contributed by atoms with E-state index in [1.54, 1.807) is 19.1 Å². The quantitative estimate of drug-likeness (QED) is 0.479. The summed E-state index contributed by atoms with van der Waals surface area (Å²) in [6.45, 7) is 1.78. The lowest BCUT2D eigenvalue weighted by atomic mass is 10.1. The van der Waals surface area contributed by atoms with Crippen LogP contribution < -0.4 is 4.84 Å². The lowest BCUT2D eigenvalue weighted by Crippen LogP contribution is -1.99. The van der Waals surface area contributed by atoms with Gasteiger partial charge in [-0.05, 0) is 30.7 Å². The van der Waals surface area contributed by atoms with Crippen LogP contribution in [0.4, 0.5) is 5.69 Å². The molecule has 102 valence electrons. The van der Waals surface area contributed by atoms with Gasteiger partial charge >= 0.3 is 5.69 Å². The first kappa shape index (κ1) is 14.2. The van der Waals surface area contributed by atoms with Crippen LogP contribution >= 0.6 is 15.9 Å². The number of nitrogens with zero attached hydrogens (tertiary/aromatic N) is 2. The molecule has 2 aromatic carbocycles. The van der Waals surface area contributed by atoms with Crippen molar-refractivity contribution in [2.75, 3.05) is 0 Å². The second-order valence-corrected chi connectivity index (χ2v) is 4.92. The number of hydrogen-bond donors (Lipinski definition) is 0. The van der Waals surface area contributed by atoms with Gasteiger partial charge in [-0.3, -0.25) is 10.1 Å². The van der Waals surface area contributed by atoms with E-state index in [2.05, 4.69) is 21.1 Å². The van der Waals surface area contributed by atoms with Crippen molar-refractivity contribution >= 4 is 27.3 Å². The number of nitro groups is 1. The van der Waals surface area contributed by atoms with Crippen LogP contribution in [0.3, 0.4) is 0 Å². The molecule has 0 saturated heterocycles. The monoisotopic (exact) mass is 334 g/mol. The van der Waals surface area contributed by atoms with Crippen LogP contribution in [0.25, 0.3) is 0 Å². The van der Waals surface area contributed by atoms with Gasteiger partial charge in [-0.25, -0.2) is 0 Å². The van der Waals surface area contributed by atoms with E-state index in [0.717, 1.165) is 10.0 Å². The van der Waals surface area contributed by atoms with Crippen LogP contribution in [0.2, 0.25) is 0 Å². The number of rotatable bonds is 4. The molecule has 0 aliphatic heterocycles. The highest BCUT2D eigenvalue weighted by atomic mass is 79.9. The number of nitro benzene ring substituents is 1. The Hall–Kier alpha value is -2.21. The summed E-state index contributed by atoms with van der Waals surface area (Å²) >= 11 is 3.35. The lowest BCUT2D eigenvalue weighted by Gasteiger charge is -2.03. The van der Waals surface area contributed by atoms with E-state index in [9.17, 15) is 10.1 Å². The summed E-state index contributed by atoms with van der Waals surface area (Å²) in [5, 5.41) is 14.8. The third kappa shape index (κ3) is 3.42. The number of hydrogen-bond acceptors (Lipinski definition) is 4. The summed E-state index contributed by atoms with van der Waals surface area (Å²) in [5.41, 5.74) is 1.40. The SMILES string of the molecule is CC(=NOc1ccccc1[N+](=O)[O-])c1ccc(Br)cc1. The van der Waals surface area contributed by atoms with Gasteiger partial charge in [0.25, 0.3) is 0 Å². The summed E-state index contributed by atoms with van der Waals surface area (Å²) in [6.07, 6.45) is 0. The molecule has 0 fully saturated rings. The standard InChI is InChI=1S/C14H11BrN2O3/c1-10(11-6-8-12(15)9-7-11)16-20-14-5-3-2-4-13(14)17(18)19/h2-9H,1H3. The van der Waals surface area contributed by atoms with Crippen LogP contribution in [0.15, 0.2) is 58.2 Å². The van der Waals surface area contributed by atoms with E-state index >= 15 is 0 Å². The summed E-state index contributed by atoms with van der Waals surface area (Å²) in [7, 11) is 0. The Labute approximate surface area is 124 Å². The molecule has 20 heavy (non-hydrogen) atoms. The van der Waals surface area contributed by atoms with E-state index in [0.29, 0.717) is 5.71 Å². The van der Waals surface area contributed by atoms with Gasteiger partial charge in [0.15, 0.2) is 0 Å². The van der Waals surface area contributed by atoms with Crippen molar-refractivity contribution in [1.82, 2.24) is 0 Å². The van der Waals surface area contributed by atoms with Crippen molar-refractivity contribution in [3.8, 4) is 5.75 Å². The number of halogens is 1. The second kappa shape index (κ2) is 6.29. The van der Waals surface area contributed by atoms with Crippen molar-refractivity contribution in [3.05, 3.63) is 68.7 Å². The molecule has 0 spiro atoms. The highest BCUT2D eigenvalue weighted by molar-refractivity contribution is 9.10. The van der Waals surface area contributed by atoms with E-state index in [1.165, 1.54) is 12.1 Å². The summed E-state index contributed by atoms with van der Waals surface area (Å²) in [4.78, 5) is 15.5. The van der Waals surface area contributed by atoms with Crippen molar-refractivity contribution < 1.29 is 9.76 Å². The van der Waals surface area contributed by atoms with E-state index in [1.807, 2.05) is 24.3 Å². The van der Waals surface area contributed by atoms with E-state index in [-0.39, 0.29) is 11.4 Å². The number of benzene rings is 2. The maximum atomic E-state index is 10.8. The van der Waals surface area contributed by atoms with Gasteiger partial charge in [0.1, 0.15) is 0 Å². The minimum absolute atomic E-state index is 0.111. The van der Waals surface area contributed by atoms with Gasteiger partial charge in [0, 0.05) is 10.5 Å². The fraction of sp³-hybridized carbons (Fsp3) is 0.0714. The molecule has 2 aromatic rings. The molecule has 2 rings (SSSR count). The van der Waals surface area contributed by atoms with Gasteiger partial charge in [0.05, 0.1) is 10.6 Å². The van der Waals surface area contributed by atoms with Gasteiger partial charge in [-0.1, -0.05) is 45.4 Å². The van der Waals surface area contributed by atoms with Gasteiger partial charge in [-0.15, -0.1) is 0 Å². The number of oxime groups is 1. The fourth-order valence-corrected chi connectivity index (χ4v) is 1.81. The normalized spacial score (nSPS) is 11.2. The molecule has 6 heteroatoms. The minimum Gasteiger partial charge on any atom is -0.349 e. The Kier molecular flexibility index (Phi) is 4.47. The van der Waals surface area contributed by atoms with Gasteiger partial charge < -0.3 is 4.84 Å². The van der Waals surface area contributed by atoms with Gasteiger partial charge in [0.2, 0.25) is 5.75 Å². The average molecular weight is 335 g/mol. The fourth-order valence-electron chi connectivity index (χ4n) is 1.55.